The molecule has 0 spiro atoms. The summed E-state index contributed by atoms with van der Waals surface area (Å²) in [6.45, 7) is 7.94. The number of hydrogen-bond donors (Lipinski definition) is 1. The van der Waals surface area contributed by atoms with E-state index in [0.717, 1.165) is 12.1 Å². The summed E-state index contributed by atoms with van der Waals surface area (Å²) < 4.78 is 38.3. The number of carbonyl (C=O) groups is 2. The van der Waals surface area contributed by atoms with Crippen LogP contribution in [0.2, 0.25) is 0 Å². The van der Waals surface area contributed by atoms with Crippen LogP contribution in [-0.4, -0.2) is 61.9 Å². The quantitative estimate of drug-likeness (QED) is 0.828. The van der Waals surface area contributed by atoms with E-state index in [1.54, 1.807) is 20.8 Å². The van der Waals surface area contributed by atoms with Gasteiger partial charge in [0.25, 0.3) is 0 Å². The Morgan fingerprint density at radius 1 is 1.14 bits per heavy atom. The predicted octanol–water partition coefficient (Wildman–Crippen LogP) is 3.00. The predicted molar refractivity (Wildman–Crippen MR) is 104 cm³/mol. The monoisotopic (exact) mass is 411 g/mol. The summed E-state index contributed by atoms with van der Waals surface area (Å²) in [7, 11) is 0. The van der Waals surface area contributed by atoms with Gasteiger partial charge in [0.1, 0.15) is 5.60 Å². The summed E-state index contributed by atoms with van der Waals surface area (Å²) in [6.07, 6.45) is 0.0105. The number of carbonyl (C=O) groups excluding carboxylic acids is 2. The number of anilines is 2. The highest BCUT2D eigenvalue weighted by atomic mass is 19.2. The third-order valence-electron chi connectivity index (χ3n) is 4.86. The maximum Gasteiger partial charge on any atom is 0.410 e. The largest absolute Gasteiger partial charge is 0.444 e. The summed E-state index contributed by atoms with van der Waals surface area (Å²) >= 11 is 0. The molecule has 1 aromatic carbocycles. The Hall–Kier alpha value is -2.42. The zero-order valence-corrected chi connectivity index (χ0v) is 17.0. The average Bonchev–Trinajstić information content (AvgIpc) is 3.14. The van der Waals surface area contributed by atoms with Gasteiger partial charge in [-0.25, -0.2) is 13.6 Å². The molecule has 2 amide bonds. The Morgan fingerprint density at radius 2 is 1.79 bits per heavy atom. The number of hydrogen-bond acceptors (Lipinski definition) is 5. The van der Waals surface area contributed by atoms with Crippen molar-refractivity contribution in [2.75, 3.05) is 49.6 Å². The normalized spacial score (nSPS) is 20.0. The van der Waals surface area contributed by atoms with Crippen LogP contribution < -0.4 is 10.2 Å². The zero-order chi connectivity index (χ0) is 21.2. The van der Waals surface area contributed by atoms with Gasteiger partial charge in [-0.2, -0.15) is 0 Å². The van der Waals surface area contributed by atoms with Crippen LogP contribution in [0.1, 0.15) is 27.2 Å². The first kappa shape index (κ1) is 21.3. The van der Waals surface area contributed by atoms with Crippen LogP contribution >= 0.6 is 0 Å². The van der Waals surface area contributed by atoms with Crippen molar-refractivity contribution in [1.82, 2.24) is 4.90 Å². The molecule has 3 rings (SSSR count). The van der Waals surface area contributed by atoms with Crippen LogP contribution in [0, 0.1) is 17.6 Å². The average molecular weight is 411 g/mol. The van der Waals surface area contributed by atoms with Gasteiger partial charge in [-0.05, 0) is 27.2 Å². The third kappa shape index (κ3) is 5.35. The first-order chi connectivity index (χ1) is 13.6. The van der Waals surface area contributed by atoms with Crippen molar-refractivity contribution in [3.8, 4) is 0 Å². The van der Waals surface area contributed by atoms with E-state index in [1.165, 1.54) is 4.90 Å². The van der Waals surface area contributed by atoms with Gasteiger partial charge in [0, 0.05) is 38.3 Å². The number of ether oxygens (including phenoxy) is 2. The van der Waals surface area contributed by atoms with Crippen molar-refractivity contribution in [3.05, 3.63) is 23.8 Å². The molecule has 1 atom stereocenters. The van der Waals surface area contributed by atoms with Gasteiger partial charge in [0.05, 0.1) is 30.5 Å². The zero-order valence-electron chi connectivity index (χ0n) is 17.0. The number of halogens is 2. The molecule has 2 heterocycles. The minimum Gasteiger partial charge on any atom is -0.444 e. The molecule has 29 heavy (non-hydrogen) atoms. The van der Waals surface area contributed by atoms with Crippen LogP contribution in [0.15, 0.2) is 12.1 Å². The van der Waals surface area contributed by atoms with Crippen LogP contribution in [-0.2, 0) is 14.3 Å². The summed E-state index contributed by atoms with van der Waals surface area (Å²) in [5.74, 6) is -2.79. The lowest BCUT2D eigenvalue weighted by Gasteiger charge is -2.31. The third-order valence-corrected chi connectivity index (χ3v) is 4.86. The fourth-order valence-electron chi connectivity index (χ4n) is 3.40. The van der Waals surface area contributed by atoms with Gasteiger partial charge in [0.15, 0.2) is 11.6 Å². The molecule has 0 bridgehead atoms. The smallest absolute Gasteiger partial charge is 0.410 e. The second-order valence-electron chi connectivity index (χ2n) is 8.28. The van der Waals surface area contributed by atoms with Crippen LogP contribution in [0.4, 0.5) is 25.0 Å². The van der Waals surface area contributed by atoms with Gasteiger partial charge in [-0.15, -0.1) is 0 Å². The highest BCUT2D eigenvalue weighted by Gasteiger charge is 2.34. The number of rotatable bonds is 3. The number of nitrogens with zero attached hydrogens (tertiary/aromatic N) is 2. The number of morpholine rings is 1. The van der Waals surface area contributed by atoms with Crippen molar-refractivity contribution in [2.45, 2.75) is 32.8 Å². The lowest BCUT2D eigenvalue weighted by Crippen LogP contribution is -2.37. The Labute approximate surface area is 168 Å². The van der Waals surface area contributed by atoms with E-state index in [4.69, 9.17) is 9.47 Å². The number of benzene rings is 1. The first-order valence-corrected chi connectivity index (χ1v) is 9.74. The Balaban J connectivity index is 1.69. The molecular weight excluding hydrogens is 384 g/mol. The summed E-state index contributed by atoms with van der Waals surface area (Å²) in [6, 6.07) is 2.09. The minimum atomic E-state index is -1.03. The standard InChI is InChI=1S/C20H27F2N3O4/c1-20(2,3)29-19(27)25-5-4-13(12-25)18(26)23-16-10-14(21)15(22)11-17(16)24-6-8-28-9-7-24/h10-11,13H,4-9,12H2,1-3H3,(H,23,26)/t13-/m0/s1. The van der Waals surface area contributed by atoms with E-state index in [-0.39, 0.29) is 18.1 Å². The number of nitrogens with one attached hydrogen (secondary N) is 1. The SMILES string of the molecule is CC(C)(C)OC(=O)N1CC[C@H](C(=O)Nc2cc(F)c(F)cc2N2CCOCC2)C1. The van der Waals surface area contributed by atoms with E-state index in [0.29, 0.717) is 45.0 Å². The van der Waals surface area contributed by atoms with Gasteiger partial charge in [-0.3, -0.25) is 4.79 Å². The molecule has 0 unspecified atom stereocenters. The van der Waals surface area contributed by atoms with Gasteiger partial charge < -0.3 is 24.6 Å². The Morgan fingerprint density at radius 3 is 2.45 bits per heavy atom. The molecule has 0 aliphatic carbocycles. The summed E-state index contributed by atoms with van der Waals surface area (Å²) in [5.41, 5.74) is 0.0184. The van der Waals surface area contributed by atoms with E-state index < -0.39 is 29.2 Å². The second-order valence-corrected chi connectivity index (χ2v) is 8.28. The van der Waals surface area contributed by atoms with E-state index in [9.17, 15) is 18.4 Å². The van der Waals surface area contributed by atoms with Crippen LogP contribution in [0.3, 0.4) is 0 Å². The fourth-order valence-corrected chi connectivity index (χ4v) is 3.40. The molecule has 9 heteroatoms. The minimum absolute atomic E-state index is 0.214. The molecule has 1 aromatic rings. The lowest BCUT2D eigenvalue weighted by atomic mass is 10.1. The van der Waals surface area contributed by atoms with E-state index >= 15 is 0 Å². The van der Waals surface area contributed by atoms with Crippen molar-refractivity contribution in [2.24, 2.45) is 5.92 Å². The maximum atomic E-state index is 13.8. The molecule has 2 saturated heterocycles. The highest BCUT2D eigenvalue weighted by molar-refractivity contribution is 5.96. The molecule has 0 saturated carbocycles. The van der Waals surface area contributed by atoms with Gasteiger partial charge >= 0.3 is 6.09 Å². The van der Waals surface area contributed by atoms with Crippen LogP contribution in [0.25, 0.3) is 0 Å². The Kier molecular flexibility index (Phi) is 6.26. The van der Waals surface area contributed by atoms with Crippen molar-refractivity contribution >= 4 is 23.4 Å². The lowest BCUT2D eigenvalue weighted by molar-refractivity contribution is -0.119. The summed E-state index contributed by atoms with van der Waals surface area (Å²) in [4.78, 5) is 28.3. The molecule has 2 fully saturated rings. The summed E-state index contributed by atoms with van der Waals surface area (Å²) in [5, 5.41) is 2.72. The molecule has 0 aromatic heterocycles. The Bertz CT molecular complexity index is 776. The molecule has 2 aliphatic heterocycles. The maximum absolute atomic E-state index is 13.8. The van der Waals surface area contributed by atoms with E-state index in [2.05, 4.69) is 5.32 Å². The number of likely N-dealkylation sites (tertiary alicyclic amines) is 1. The van der Waals surface area contributed by atoms with Gasteiger partial charge in [0.2, 0.25) is 5.91 Å². The van der Waals surface area contributed by atoms with E-state index in [1.807, 2.05) is 4.90 Å². The molecule has 0 radical (unpaired) electrons. The van der Waals surface area contributed by atoms with Crippen molar-refractivity contribution in [1.29, 1.82) is 0 Å². The van der Waals surface area contributed by atoms with Gasteiger partial charge in [-0.1, -0.05) is 0 Å². The number of amides is 2. The molecule has 7 nitrogen and oxygen atoms in total. The molecule has 160 valence electrons. The van der Waals surface area contributed by atoms with Crippen molar-refractivity contribution < 1.29 is 27.8 Å². The fraction of sp³-hybridized carbons (Fsp3) is 0.600. The molecule has 1 N–H and O–H groups in total. The highest BCUT2D eigenvalue weighted by Crippen LogP contribution is 2.31. The topological polar surface area (TPSA) is 71.1 Å². The second kappa shape index (κ2) is 8.52. The first-order valence-electron chi connectivity index (χ1n) is 9.74. The molecule has 2 aliphatic rings. The van der Waals surface area contributed by atoms with Crippen molar-refractivity contribution in [3.63, 3.8) is 0 Å². The molecular formula is C20H27F2N3O4. The van der Waals surface area contributed by atoms with Crippen LogP contribution in [0.5, 0.6) is 0 Å².